The van der Waals surface area contributed by atoms with Crippen molar-refractivity contribution in [2.75, 3.05) is 43.6 Å². The van der Waals surface area contributed by atoms with Crippen molar-refractivity contribution in [1.29, 1.82) is 0 Å². The normalized spacial score (nSPS) is 18.2. The first-order valence-electron chi connectivity index (χ1n) is 11.7. The summed E-state index contributed by atoms with van der Waals surface area (Å²) in [6, 6.07) is 12.2. The summed E-state index contributed by atoms with van der Waals surface area (Å²) in [5, 5.41) is 4.61. The van der Waals surface area contributed by atoms with Gasteiger partial charge in [-0.3, -0.25) is 9.59 Å². The maximum atomic E-state index is 13.3. The zero-order chi connectivity index (χ0) is 25.4. The molecule has 2 aliphatic rings. The van der Waals surface area contributed by atoms with E-state index in [1.807, 2.05) is 24.3 Å². The van der Waals surface area contributed by atoms with Gasteiger partial charge in [0.25, 0.3) is 15.9 Å². The number of carbonyl (C=O) groups excluding carboxylic acids is 2. The van der Waals surface area contributed by atoms with Crippen molar-refractivity contribution < 1.29 is 22.7 Å². The number of hydrogen-bond acceptors (Lipinski definition) is 6. The molecule has 1 saturated heterocycles. The molecule has 0 spiro atoms. The van der Waals surface area contributed by atoms with Gasteiger partial charge in [0.2, 0.25) is 5.91 Å². The Labute approximate surface area is 218 Å². The zero-order valence-electron chi connectivity index (χ0n) is 19.7. The standard InChI is InChI=1S/C25H26ClN3O5S2/c1-34-14-4-13-29-20-9-8-19(17-6-2-7-18(23(17)20)25(29)31)27-24(30)16-5-3-12-28(15-16)36(32,33)22-11-10-21(26)35-22/h2,6-11,16H,3-5,12-15H2,1H3,(H,27,30). The molecule has 8 nitrogen and oxygen atoms in total. The summed E-state index contributed by atoms with van der Waals surface area (Å²) in [7, 11) is -2.07. The number of nitrogens with zero attached hydrogens (tertiary/aromatic N) is 2. The number of hydrogen-bond donors (Lipinski definition) is 1. The van der Waals surface area contributed by atoms with Crippen LogP contribution in [0.1, 0.15) is 29.6 Å². The van der Waals surface area contributed by atoms with Crippen LogP contribution in [0.4, 0.5) is 11.4 Å². The monoisotopic (exact) mass is 547 g/mol. The fraction of sp³-hybridized carbons (Fsp3) is 0.360. The molecule has 2 aliphatic heterocycles. The zero-order valence-corrected chi connectivity index (χ0v) is 22.1. The minimum Gasteiger partial charge on any atom is -0.385 e. The second-order valence-corrected chi connectivity index (χ2v) is 12.8. The van der Waals surface area contributed by atoms with E-state index in [1.165, 1.54) is 10.4 Å². The number of nitrogens with one attached hydrogen (secondary N) is 1. The molecule has 2 aromatic carbocycles. The van der Waals surface area contributed by atoms with Crippen LogP contribution in [-0.2, 0) is 19.6 Å². The summed E-state index contributed by atoms with van der Waals surface area (Å²) >= 11 is 6.95. The number of benzene rings is 2. The highest BCUT2D eigenvalue weighted by atomic mass is 35.5. The number of rotatable bonds is 8. The van der Waals surface area contributed by atoms with E-state index < -0.39 is 15.9 Å². The summed E-state index contributed by atoms with van der Waals surface area (Å²) in [4.78, 5) is 28.1. The van der Waals surface area contributed by atoms with Crippen LogP contribution < -0.4 is 10.2 Å². The third-order valence-electron chi connectivity index (χ3n) is 6.67. The van der Waals surface area contributed by atoms with E-state index in [0.29, 0.717) is 48.1 Å². The van der Waals surface area contributed by atoms with Crippen LogP contribution in [-0.4, -0.2) is 57.9 Å². The van der Waals surface area contributed by atoms with E-state index in [-0.39, 0.29) is 22.6 Å². The van der Waals surface area contributed by atoms with Gasteiger partial charge in [0.1, 0.15) is 4.21 Å². The third-order valence-corrected chi connectivity index (χ3v) is 10.2. The lowest BCUT2D eigenvalue weighted by Crippen LogP contribution is -2.43. The Balaban J connectivity index is 1.36. The molecular weight excluding hydrogens is 522 g/mol. The maximum Gasteiger partial charge on any atom is 0.258 e. The molecular formula is C25H26ClN3O5S2. The number of thiophene rings is 1. The Morgan fingerprint density at radius 1 is 1.22 bits per heavy atom. The molecule has 5 rings (SSSR count). The Bertz CT molecular complexity index is 1440. The molecule has 11 heteroatoms. The van der Waals surface area contributed by atoms with Crippen molar-refractivity contribution >= 4 is 66.9 Å². The lowest BCUT2D eigenvalue weighted by atomic mass is 9.98. The lowest BCUT2D eigenvalue weighted by Gasteiger charge is -2.31. The number of carbonyl (C=O) groups is 2. The van der Waals surface area contributed by atoms with E-state index in [0.717, 1.165) is 34.2 Å². The van der Waals surface area contributed by atoms with Gasteiger partial charge in [-0.1, -0.05) is 23.7 Å². The molecule has 3 heterocycles. The van der Waals surface area contributed by atoms with Crippen LogP contribution in [0.3, 0.4) is 0 Å². The Morgan fingerprint density at radius 3 is 2.81 bits per heavy atom. The number of piperidine rings is 1. The summed E-state index contributed by atoms with van der Waals surface area (Å²) in [5.41, 5.74) is 2.04. The highest BCUT2D eigenvalue weighted by molar-refractivity contribution is 7.91. The van der Waals surface area contributed by atoms with Crippen LogP contribution in [0.15, 0.2) is 46.7 Å². The Morgan fingerprint density at radius 2 is 2.06 bits per heavy atom. The molecule has 1 fully saturated rings. The van der Waals surface area contributed by atoms with Gasteiger partial charge in [-0.15, -0.1) is 11.3 Å². The minimum absolute atomic E-state index is 0.0583. The van der Waals surface area contributed by atoms with Gasteiger partial charge >= 0.3 is 0 Å². The molecule has 1 atom stereocenters. The summed E-state index contributed by atoms with van der Waals surface area (Å²) < 4.78 is 33.2. The second-order valence-electron chi connectivity index (χ2n) is 8.91. The largest absolute Gasteiger partial charge is 0.385 e. The number of anilines is 2. The molecule has 36 heavy (non-hydrogen) atoms. The minimum atomic E-state index is -3.70. The van der Waals surface area contributed by atoms with E-state index in [1.54, 1.807) is 24.1 Å². The second kappa shape index (κ2) is 10.1. The van der Waals surface area contributed by atoms with Crippen molar-refractivity contribution in [2.24, 2.45) is 5.92 Å². The van der Waals surface area contributed by atoms with Crippen LogP contribution in [0.5, 0.6) is 0 Å². The first kappa shape index (κ1) is 25.2. The first-order chi connectivity index (χ1) is 17.3. The van der Waals surface area contributed by atoms with Crippen molar-refractivity contribution in [3.8, 4) is 0 Å². The fourth-order valence-corrected chi connectivity index (χ4v) is 8.08. The smallest absolute Gasteiger partial charge is 0.258 e. The van der Waals surface area contributed by atoms with Gasteiger partial charge in [0.05, 0.1) is 15.9 Å². The van der Waals surface area contributed by atoms with E-state index in [9.17, 15) is 18.0 Å². The van der Waals surface area contributed by atoms with Crippen molar-refractivity contribution in [3.63, 3.8) is 0 Å². The Kier molecular flexibility index (Phi) is 7.06. The van der Waals surface area contributed by atoms with Gasteiger partial charge in [-0.05, 0) is 49.6 Å². The predicted molar refractivity (Wildman–Crippen MR) is 142 cm³/mol. The van der Waals surface area contributed by atoms with Gasteiger partial charge < -0.3 is 15.0 Å². The van der Waals surface area contributed by atoms with Crippen LogP contribution in [0.25, 0.3) is 10.8 Å². The molecule has 0 saturated carbocycles. The van der Waals surface area contributed by atoms with Gasteiger partial charge in [-0.2, -0.15) is 4.31 Å². The predicted octanol–water partition coefficient (Wildman–Crippen LogP) is 4.59. The molecule has 190 valence electrons. The highest BCUT2D eigenvalue weighted by Gasteiger charge is 2.35. The van der Waals surface area contributed by atoms with Crippen LogP contribution >= 0.6 is 22.9 Å². The van der Waals surface area contributed by atoms with E-state index in [2.05, 4.69) is 5.32 Å². The van der Waals surface area contributed by atoms with Gasteiger partial charge in [0, 0.05) is 55.4 Å². The topological polar surface area (TPSA) is 96.0 Å². The highest BCUT2D eigenvalue weighted by Crippen LogP contribution is 2.41. The molecule has 0 bridgehead atoms. The molecule has 2 amide bonds. The van der Waals surface area contributed by atoms with Crippen molar-refractivity contribution in [3.05, 3.63) is 52.4 Å². The van der Waals surface area contributed by atoms with Crippen molar-refractivity contribution in [1.82, 2.24) is 4.31 Å². The number of amides is 2. The fourth-order valence-electron chi connectivity index (χ4n) is 4.92. The van der Waals surface area contributed by atoms with Gasteiger partial charge in [-0.25, -0.2) is 8.42 Å². The SMILES string of the molecule is COCCCN1C(=O)c2cccc3c(NC(=O)C4CCCN(S(=O)(=O)c5ccc(Cl)s5)C4)ccc1c23. The Hall–Kier alpha value is -2.50. The quantitative estimate of drug-likeness (QED) is 0.416. The van der Waals surface area contributed by atoms with E-state index in [4.69, 9.17) is 16.3 Å². The van der Waals surface area contributed by atoms with Crippen molar-refractivity contribution in [2.45, 2.75) is 23.5 Å². The molecule has 3 aromatic rings. The number of ether oxygens (including phenoxy) is 1. The van der Waals surface area contributed by atoms with Crippen LogP contribution in [0, 0.1) is 5.92 Å². The number of methoxy groups -OCH3 is 1. The first-order valence-corrected chi connectivity index (χ1v) is 14.4. The van der Waals surface area contributed by atoms with Crippen LogP contribution in [0.2, 0.25) is 4.34 Å². The average Bonchev–Trinajstić information content (AvgIpc) is 3.44. The number of halogens is 1. The molecule has 1 aromatic heterocycles. The molecule has 1 N–H and O–H groups in total. The van der Waals surface area contributed by atoms with Gasteiger partial charge in [0.15, 0.2) is 0 Å². The summed E-state index contributed by atoms with van der Waals surface area (Å²) in [6.07, 6.45) is 1.90. The van der Waals surface area contributed by atoms with E-state index >= 15 is 0 Å². The average molecular weight is 548 g/mol. The molecule has 0 radical (unpaired) electrons. The summed E-state index contributed by atoms with van der Waals surface area (Å²) in [5.74, 6) is -0.780. The molecule has 0 aliphatic carbocycles. The third kappa shape index (κ3) is 4.52. The lowest BCUT2D eigenvalue weighted by molar-refractivity contribution is -0.120. The number of sulfonamides is 1. The maximum absolute atomic E-state index is 13.3. The summed E-state index contributed by atoms with van der Waals surface area (Å²) in [6.45, 7) is 1.58. The molecule has 1 unspecified atom stereocenters.